The molecule has 1 unspecified atom stereocenters. The van der Waals surface area contributed by atoms with E-state index in [-0.39, 0.29) is 6.04 Å². The van der Waals surface area contributed by atoms with Gasteiger partial charge in [-0.05, 0) is 37.9 Å². The van der Waals surface area contributed by atoms with Crippen molar-refractivity contribution < 1.29 is 0 Å². The van der Waals surface area contributed by atoms with Gasteiger partial charge in [0.1, 0.15) is 11.9 Å². The summed E-state index contributed by atoms with van der Waals surface area (Å²) in [6, 6.07) is 2.36. The largest absolute Gasteiger partial charge is 0.334 e. The molecule has 2 rings (SSSR count). The van der Waals surface area contributed by atoms with E-state index in [0.717, 1.165) is 12.4 Å². The molecule has 16 heavy (non-hydrogen) atoms. The normalized spacial score (nSPS) is 12.9. The van der Waals surface area contributed by atoms with Crippen molar-refractivity contribution >= 4 is 11.3 Å². The standard InChI is InChI=1S/C12H17N3S/c1-4-15-7-6-14-12(15)10(13-3)11-9(2)5-8-16-11/h5-8,10,13H,4H2,1-3H3. The van der Waals surface area contributed by atoms with Gasteiger partial charge in [-0.3, -0.25) is 0 Å². The first-order valence-electron chi connectivity index (χ1n) is 5.50. The predicted molar refractivity (Wildman–Crippen MR) is 67.9 cm³/mol. The lowest BCUT2D eigenvalue weighted by atomic mass is 10.1. The van der Waals surface area contributed by atoms with Crippen LogP contribution < -0.4 is 5.32 Å². The fourth-order valence-corrected chi connectivity index (χ4v) is 2.94. The lowest BCUT2D eigenvalue weighted by molar-refractivity contribution is 0.595. The van der Waals surface area contributed by atoms with E-state index in [4.69, 9.17) is 0 Å². The molecule has 0 fully saturated rings. The van der Waals surface area contributed by atoms with Gasteiger partial charge in [-0.25, -0.2) is 4.98 Å². The van der Waals surface area contributed by atoms with E-state index >= 15 is 0 Å². The van der Waals surface area contributed by atoms with Gasteiger partial charge in [0.05, 0.1) is 0 Å². The van der Waals surface area contributed by atoms with Crippen LogP contribution in [0.5, 0.6) is 0 Å². The molecule has 0 saturated carbocycles. The molecule has 0 spiro atoms. The van der Waals surface area contributed by atoms with Crippen LogP contribution in [-0.2, 0) is 6.54 Å². The molecule has 0 aliphatic heterocycles. The third kappa shape index (κ3) is 1.90. The summed E-state index contributed by atoms with van der Waals surface area (Å²) in [4.78, 5) is 5.81. The minimum absolute atomic E-state index is 0.204. The number of rotatable bonds is 4. The van der Waals surface area contributed by atoms with E-state index < -0.39 is 0 Å². The smallest absolute Gasteiger partial charge is 0.131 e. The van der Waals surface area contributed by atoms with E-state index in [2.05, 4.69) is 40.2 Å². The summed E-state index contributed by atoms with van der Waals surface area (Å²) in [7, 11) is 1.98. The van der Waals surface area contributed by atoms with Gasteiger partial charge in [0.2, 0.25) is 0 Å². The van der Waals surface area contributed by atoms with Crippen LogP contribution in [-0.4, -0.2) is 16.6 Å². The zero-order chi connectivity index (χ0) is 11.5. The molecular formula is C12H17N3S. The minimum atomic E-state index is 0.204. The van der Waals surface area contributed by atoms with Crippen molar-refractivity contribution in [3.8, 4) is 0 Å². The van der Waals surface area contributed by atoms with Gasteiger partial charge < -0.3 is 9.88 Å². The highest BCUT2D eigenvalue weighted by Crippen LogP contribution is 2.28. The number of hydrogen-bond acceptors (Lipinski definition) is 3. The molecule has 0 aliphatic carbocycles. The van der Waals surface area contributed by atoms with E-state index in [9.17, 15) is 0 Å². The predicted octanol–water partition coefficient (Wildman–Crippen LogP) is 2.58. The highest BCUT2D eigenvalue weighted by Gasteiger charge is 2.19. The van der Waals surface area contributed by atoms with Crippen LogP contribution in [0.1, 0.15) is 29.2 Å². The van der Waals surface area contributed by atoms with Crippen molar-refractivity contribution in [1.82, 2.24) is 14.9 Å². The molecule has 4 heteroatoms. The maximum Gasteiger partial charge on any atom is 0.131 e. The molecule has 0 radical (unpaired) electrons. The maximum atomic E-state index is 4.46. The Kier molecular flexibility index (Phi) is 3.41. The lowest BCUT2D eigenvalue weighted by Crippen LogP contribution is -2.21. The fourth-order valence-electron chi connectivity index (χ4n) is 1.91. The molecule has 2 heterocycles. The first-order valence-corrected chi connectivity index (χ1v) is 6.38. The SMILES string of the molecule is CCn1ccnc1C(NC)c1sccc1C. The van der Waals surface area contributed by atoms with Gasteiger partial charge in [0.15, 0.2) is 0 Å². The summed E-state index contributed by atoms with van der Waals surface area (Å²) < 4.78 is 2.18. The Bertz CT molecular complexity index is 458. The summed E-state index contributed by atoms with van der Waals surface area (Å²) >= 11 is 1.78. The second-order valence-electron chi connectivity index (χ2n) is 3.76. The fraction of sp³-hybridized carbons (Fsp3) is 0.417. The van der Waals surface area contributed by atoms with Crippen LogP contribution in [0.3, 0.4) is 0 Å². The topological polar surface area (TPSA) is 29.9 Å². The summed E-state index contributed by atoms with van der Waals surface area (Å²) in [6.07, 6.45) is 3.90. The van der Waals surface area contributed by atoms with E-state index in [1.807, 2.05) is 19.4 Å². The maximum absolute atomic E-state index is 4.46. The van der Waals surface area contributed by atoms with E-state index in [1.165, 1.54) is 10.4 Å². The number of imidazole rings is 1. The highest BCUT2D eigenvalue weighted by atomic mass is 32.1. The second kappa shape index (κ2) is 4.80. The molecular weight excluding hydrogens is 218 g/mol. The summed E-state index contributed by atoms with van der Waals surface area (Å²) in [5.41, 5.74) is 1.33. The number of hydrogen-bond donors (Lipinski definition) is 1. The molecule has 0 aromatic carbocycles. The molecule has 1 N–H and O–H groups in total. The Morgan fingerprint density at radius 1 is 1.56 bits per heavy atom. The van der Waals surface area contributed by atoms with Crippen molar-refractivity contribution in [2.45, 2.75) is 26.4 Å². The quantitative estimate of drug-likeness (QED) is 0.882. The van der Waals surface area contributed by atoms with E-state index in [0.29, 0.717) is 0 Å². The van der Waals surface area contributed by atoms with Crippen molar-refractivity contribution in [2.24, 2.45) is 0 Å². The molecule has 2 aromatic heterocycles. The molecule has 1 atom stereocenters. The minimum Gasteiger partial charge on any atom is -0.334 e. The first-order chi connectivity index (χ1) is 7.77. The Morgan fingerprint density at radius 3 is 2.94 bits per heavy atom. The zero-order valence-electron chi connectivity index (χ0n) is 9.90. The average molecular weight is 235 g/mol. The number of nitrogens with zero attached hydrogens (tertiary/aromatic N) is 2. The number of thiophene rings is 1. The van der Waals surface area contributed by atoms with Crippen LogP contribution in [0.15, 0.2) is 23.8 Å². The number of aryl methyl sites for hydroxylation is 2. The van der Waals surface area contributed by atoms with Gasteiger partial charge in [-0.1, -0.05) is 0 Å². The Balaban J connectivity index is 2.40. The molecule has 0 saturated heterocycles. The van der Waals surface area contributed by atoms with E-state index in [1.54, 1.807) is 11.3 Å². The molecule has 2 aromatic rings. The molecule has 86 valence electrons. The Labute approximate surface area is 100 Å². The van der Waals surface area contributed by atoms with Crippen molar-refractivity contribution in [3.05, 3.63) is 40.1 Å². The van der Waals surface area contributed by atoms with Gasteiger partial charge in [-0.2, -0.15) is 0 Å². The summed E-state index contributed by atoms with van der Waals surface area (Å²) in [6.45, 7) is 5.24. The number of nitrogens with one attached hydrogen (secondary N) is 1. The van der Waals surface area contributed by atoms with Crippen molar-refractivity contribution in [1.29, 1.82) is 0 Å². The summed E-state index contributed by atoms with van der Waals surface area (Å²) in [5, 5.41) is 5.48. The third-order valence-corrected chi connectivity index (χ3v) is 3.88. The monoisotopic (exact) mass is 235 g/mol. The van der Waals surface area contributed by atoms with Crippen LogP contribution in [0.2, 0.25) is 0 Å². The Morgan fingerprint density at radius 2 is 2.38 bits per heavy atom. The first kappa shape index (κ1) is 11.4. The van der Waals surface area contributed by atoms with Gasteiger partial charge >= 0.3 is 0 Å². The zero-order valence-corrected chi connectivity index (χ0v) is 10.7. The van der Waals surface area contributed by atoms with Gasteiger partial charge in [0, 0.05) is 23.8 Å². The molecule has 0 amide bonds. The van der Waals surface area contributed by atoms with Crippen molar-refractivity contribution in [2.75, 3.05) is 7.05 Å². The van der Waals surface area contributed by atoms with Crippen LogP contribution in [0.4, 0.5) is 0 Å². The molecule has 0 bridgehead atoms. The van der Waals surface area contributed by atoms with Crippen LogP contribution >= 0.6 is 11.3 Å². The third-order valence-electron chi connectivity index (χ3n) is 2.80. The highest BCUT2D eigenvalue weighted by molar-refractivity contribution is 7.10. The summed E-state index contributed by atoms with van der Waals surface area (Å²) in [5.74, 6) is 1.09. The average Bonchev–Trinajstić information content (AvgIpc) is 2.90. The van der Waals surface area contributed by atoms with Gasteiger partial charge in [-0.15, -0.1) is 11.3 Å². The van der Waals surface area contributed by atoms with Crippen LogP contribution in [0.25, 0.3) is 0 Å². The molecule has 0 aliphatic rings. The second-order valence-corrected chi connectivity index (χ2v) is 4.71. The van der Waals surface area contributed by atoms with Crippen LogP contribution in [0, 0.1) is 6.92 Å². The lowest BCUT2D eigenvalue weighted by Gasteiger charge is -2.16. The number of aromatic nitrogens is 2. The molecule has 3 nitrogen and oxygen atoms in total. The van der Waals surface area contributed by atoms with Crippen molar-refractivity contribution in [3.63, 3.8) is 0 Å². The Hall–Kier alpha value is -1.13. The van der Waals surface area contributed by atoms with Gasteiger partial charge in [0.25, 0.3) is 0 Å².